The Bertz CT molecular complexity index is 898. The van der Waals surface area contributed by atoms with Crippen LogP contribution in [0.4, 0.5) is 18.9 Å². The van der Waals surface area contributed by atoms with Gasteiger partial charge in [-0.05, 0) is 25.0 Å². The molecule has 1 amide bonds. The van der Waals surface area contributed by atoms with Crippen LogP contribution in [0, 0.1) is 10.1 Å². The van der Waals surface area contributed by atoms with Crippen LogP contribution in [0.3, 0.4) is 0 Å². The molecule has 0 heterocycles. The number of nitrogens with one attached hydrogen (secondary N) is 1. The zero-order valence-corrected chi connectivity index (χ0v) is 16.4. The Morgan fingerprint density at radius 2 is 1.71 bits per heavy atom. The number of carbonyl (C=O) groups excluding carboxylic acids is 2. The largest absolute Gasteiger partial charge is 0.427 e. The Labute approximate surface area is 176 Å². The number of hydrogen-bond acceptors (Lipinski definition) is 5. The second kappa shape index (κ2) is 11.1. The quantitative estimate of drug-likeness (QED) is 0.407. The summed E-state index contributed by atoms with van der Waals surface area (Å²) in [5, 5.41) is 12.7. The number of non-ortho nitro benzene ring substituents is 1. The summed E-state index contributed by atoms with van der Waals surface area (Å²) in [5.74, 6) is -1.41. The van der Waals surface area contributed by atoms with Gasteiger partial charge in [-0.1, -0.05) is 43.5 Å². The summed E-state index contributed by atoms with van der Waals surface area (Å²) in [6, 6.07) is 11.0. The van der Waals surface area contributed by atoms with Gasteiger partial charge in [0.15, 0.2) is 5.75 Å². The number of halogens is 3. The van der Waals surface area contributed by atoms with E-state index in [9.17, 15) is 32.9 Å². The summed E-state index contributed by atoms with van der Waals surface area (Å²) in [5.41, 5.74) is -1.29. The predicted molar refractivity (Wildman–Crippen MR) is 106 cm³/mol. The number of nitro groups is 1. The molecule has 166 valence electrons. The lowest BCUT2D eigenvalue weighted by atomic mass is 9.95. The van der Waals surface area contributed by atoms with Crippen LogP contribution in [0.2, 0.25) is 0 Å². The van der Waals surface area contributed by atoms with Gasteiger partial charge in [0.1, 0.15) is 0 Å². The summed E-state index contributed by atoms with van der Waals surface area (Å²) in [7, 11) is 0. The molecular weight excluding hydrogens is 417 g/mol. The molecular formula is C21H21F3N2O5. The standard InChI is InChI=1S/C15H16F3NO3.C6H5NO2/c16-15(17,18)12-8-4-7-11(13(12)22-9-20)14(21)19-10-5-2-1-3-6-10;8-7(9)6-4-2-1-3-5-6/h4,7-10H,1-3,5-6H2,(H,19,21);1-5H. The molecule has 0 aliphatic heterocycles. The van der Waals surface area contributed by atoms with Gasteiger partial charge in [-0.2, -0.15) is 13.2 Å². The van der Waals surface area contributed by atoms with E-state index in [1.54, 1.807) is 18.2 Å². The Kier molecular flexibility index (Phi) is 8.53. The van der Waals surface area contributed by atoms with Gasteiger partial charge in [-0.25, -0.2) is 0 Å². The van der Waals surface area contributed by atoms with Gasteiger partial charge in [0.25, 0.3) is 18.1 Å². The number of ether oxygens (including phenoxy) is 1. The van der Waals surface area contributed by atoms with Crippen molar-refractivity contribution >= 4 is 18.1 Å². The molecule has 10 heteroatoms. The van der Waals surface area contributed by atoms with Gasteiger partial charge >= 0.3 is 6.18 Å². The molecule has 0 unspecified atom stereocenters. The number of nitro benzene ring substituents is 1. The monoisotopic (exact) mass is 438 g/mol. The van der Waals surface area contributed by atoms with Gasteiger partial charge in [-0.3, -0.25) is 19.7 Å². The molecule has 2 aromatic carbocycles. The number of amides is 1. The second-order valence-corrected chi connectivity index (χ2v) is 6.80. The Hall–Kier alpha value is -3.43. The minimum Gasteiger partial charge on any atom is -0.427 e. The fraction of sp³-hybridized carbons (Fsp3) is 0.333. The van der Waals surface area contributed by atoms with E-state index in [0.717, 1.165) is 44.2 Å². The van der Waals surface area contributed by atoms with E-state index < -0.39 is 28.3 Å². The Balaban J connectivity index is 0.000000316. The molecule has 2 aromatic rings. The van der Waals surface area contributed by atoms with Crippen molar-refractivity contribution in [3.63, 3.8) is 0 Å². The first-order chi connectivity index (χ1) is 14.7. The first-order valence-electron chi connectivity index (χ1n) is 9.55. The Morgan fingerprint density at radius 1 is 1.06 bits per heavy atom. The van der Waals surface area contributed by atoms with Gasteiger partial charge in [-0.15, -0.1) is 0 Å². The molecule has 0 radical (unpaired) electrons. The minimum atomic E-state index is -4.71. The average molecular weight is 438 g/mol. The molecule has 0 saturated heterocycles. The fourth-order valence-corrected chi connectivity index (χ4v) is 3.17. The van der Waals surface area contributed by atoms with Crippen molar-refractivity contribution in [1.29, 1.82) is 0 Å². The van der Waals surface area contributed by atoms with Crippen molar-refractivity contribution in [3.05, 3.63) is 69.8 Å². The molecule has 1 fully saturated rings. The number of para-hydroxylation sites is 2. The number of carbonyl (C=O) groups is 2. The minimum absolute atomic E-state index is 0.0557. The van der Waals surface area contributed by atoms with E-state index in [1.165, 1.54) is 18.2 Å². The Morgan fingerprint density at radius 3 is 2.23 bits per heavy atom. The number of benzene rings is 2. The topological polar surface area (TPSA) is 98.5 Å². The van der Waals surface area contributed by atoms with Gasteiger partial charge < -0.3 is 10.1 Å². The number of rotatable bonds is 5. The van der Waals surface area contributed by atoms with Crippen LogP contribution in [-0.4, -0.2) is 23.3 Å². The third-order valence-electron chi connectivity index (χ3n) is 4.64. The zero-order chi connectivity index (χ0) is 22.9. The van der Waals surface area contributed by atoms with Gasteiger partial charge in [0.2, 0.25) is 0 Å². The molecule has 31 heavy (non-hydrogen) atoms. The van der Waals surface area contributed by atoms with Crippen LogP contribution in [-0.2, 0) is 11.0 Å². The average Bonchev–Trinajstić information content (AvgIpc) is 2.75. The number of hydrogen-bond donors (Lipinski definition) is 1. The van der Waals surface area contributed by atoms with Crippen LogP contribution in [0.5, 0.6) is 5.75 Å². The lowest BCUT2D eigenvalue weighted by molar-refractivity contribution is -0.384. The highest BCUT2D eigenvalue weighted by Gasteiger charge is 2.36. The predicted octanol–water partition coefficient (Wildman–Crippen LogP) is 4.90. The summed E-state index contributed by atoms with van der Waals surface area (Å²) < 4.78 is 43.3. The number of alkyl halides is 3. The molecule has 0 bridgehead atoms. The highest BCUT2D eigenvalue weighted by Crippen LogP contribution is 2.38. The van der Waals surface area contributed by atoms with Crippen LogP contribution in [0.15, 0.2) is 48.5 Å². The van der Waals surface area contributed by atoms with Crippen LogP contribution >= 0.6 is 0 Å². The third-order valence-corrected chi connectivity index (χ3v) is 4.64. The summed E-state index contributed by atoms with van der Waals surface area (Å²) in [6.07, 6.45) is -0.0610. The van der Waals surface area contributed by atoms with Crippen LogP contribution in [0.1, 0.15) is 48.0 Å². The first-order valence-corrected chi connectivity index (χ1v) is 9.55. The van der Waals surface area contributed by atoms with E-state index in [2.05, 4.69) is 10.1 Å². The maximum absolute atomic E-state index is 12.9. The fourth-order valence-electron chi connectivity index (χ4n) is 3.17. The van der Waals surface area contributed by atoms with Crippen molar-refractivity contribution in [2.75, 3.05) is 0 Å². The molecule has 7 nitrogen and oxygen atoms in total. The highest BCUT2D eigenvalue weighted by molar-refractivity contribution is 5.98. The second-order valence-electron chi connectivity index (χ2n) is 6.80. The van der Waals surface area contributed by atoms with Gasteiger partial charge in [0.05, 0.1) is 16.1 Å². The maximum atomic E-state index is 12.9. The highest BCUT2D eigenvalue weighted by atomic mass is 19.4. The van der Waals surface area contributed by atoms with Crippen LogP contribution < -0.4 is 10.1 Å². The molecule has 1 saturated carbocycles. The van der Waals surface area contributed by atoms with E-state index in [4.69, 9.17) is 0 Å². The van der Waals surface area contributed by atoms with Crippen molar-refractivity contribution in [1.82, 2.24) is 5.32 Å². The summed E-state index contributed by atoms with van der Waals surface area (Å²) in [6.45, 7) is -0.109. The van der Waals surface area contributed by atoms with E-state index in [0.29, 0.717) is 0 Å². The SMILES string of the molecule is O=COc1c(C(=O)NC2CCCCC2)cccc1C(F)(F)F.O=[N+]([O-])c1ccccc1. The van der Waals surface area contributed by atoms with Gasteiger partial charge in [0, 0.05) is 18.2 Å². The van der Waals surface area contributed by atoms with Crippen molar-refractivity contribution in [2.24, 2.45) is 0 Å². The molecule has 1 aliphatic rings. The zero-order valence-electron chi connectivity index (χ0n) is 16.4. The van der Waals surface area contributed by atoms with E-state index >= 15 is 0 Å². The van der Waals surface area contributed by atoms with Crippen molar-refractivity contribution in [2.45, 2.75) is 44.3 Å². The van der Waals surface area contributed by atoms with Crippen LogP contribution in [0.25, 0.3) is 0 Å². The normalized spacial score (nSPS) is 14.0. The molecule has 1 N–H and O–H groups in total. The molecule has 3 rings (SSSR count). The smallest absolute Gasteiger partial charge is 0.420 e. The lowest BCUT2D eigenvalue weighted by Crippen LogP contribution is -2.36. The summed E-state index contributed by atoms with van der Waals surface area (Å²) in [4.78, 5) is 32.3. The molecule has 0 spiro atoms. The molecule has 0 aromatic heterocycles. The molecule has 0 atom stereocenters. The van der Waals surface area contributed by atoms with E-state index in [1.807, 2.05) is 0 Å². The first kappa shape index (κ1) is 23.8. The molecule has 1 aliphatic carbocycles. The lowest BCUT2D eigenvalue weighted by Gasteiger charge is -2.23. The number of nitrogens with zero attached hydrogens (tertiary/aromatic N) is 1. The van der Waals surface area contributed by atoms with Crippen molar-refractivity contribution < 1.29 is 32.4 Å². The van der Waals surface area contributed by atoms with E-state index in [-0.39, 0.29) is 23.8 Å². The summed E-state index contributed by atoms with van der Waals surface area (Å²) >= 11 is 0. The van der Waals surface area contributed by atoms with Crippen molar-refractivity contribution in [3.8, 4) is 5.75 Å². The maximum Gasteiger partial charge on any atom is 0.420 e. The third kappa shape index (κ3) is 7.09.